The van der Waals surface area contributed by atoms with E-state index >= 15 is 0 Å². The molecule has 0 aromatic carbocycles. The van der Waals surface area contributed by atoms with Gasteiger partial charge in [-0.3, -0.25) is 0 Å². The van der Waals surface area contributed by atoms with E-state index in [0.717, 1.165) is 24.2 Å². The van der Waals surface area contributed by atoms with Gasteiger partial charge < -0.3 is 0 Å². The first-order chi connectivity index (χ1) is 7.45. The van der Waals surface area contributed by atoms with Crippen LogP contribution in [0.15, 0.2) is 12.2 Å². The lowest BCUT2D eigenvalue weighted by atomic mass is 9.22. The van der Waals surface area contributed by atoms with Crippen molar-refractivity contribution >= 4 is 6.71 Å². The van der Waals surface area contributed by atoms with Gasteiger partial charge in [0.1, 0.15) is 0 Å². The molecule has 15 heavy (non-hydrogen) atoms. The van der Waals surface area contributed by atoms with E-state index in [2.05, 4.69) is 12.2 Å². The molecule has 0 unspecified atom stereocenters. The number of allylic oxidation sites excluding steroid dienone is 2. The zero-order chi connectivity index (χ0) is 10.1. The van der Waals surface area contributed by atoms with E-state index in [9.17, 15) is 0 Å². The molecule has 0 N–H and O–H groups in total. The van der Waals surface area contributed by atoms with E-state index in [-0.39, 0.29) is 0 Å². The summed E-state index contributed by atoms with van der Waals surface area (Å²) in [6, 6.07) is 0. The molecule has 2 bridgehead atoms. The lowest BCUT2D eigenvalue weighted by molar-refractivity contribution is 0.434. The summed E-state index contributed by atoms with van der Waals surface area (Å²) in [7, 11) is 0. The van der Waals surface area contributed by atoms with Crippen molar-refractivity contribution in [2.45, 2.75) is 75.2 Å². The Bertz CT molecular complexity index is 224. The molecule has 82 valence electrons. The summed E-state index contributed by atoms with van der Waals surface area (Å²) in [5.41, 5.74) is 0. The maximum Gasteiger partial charge on any atom is 0.153 e. The fourth-order valence-electron chi connectivity index (χ4n) is 4.59. The average molecular weight is 202 g/mol. The fourth-order valence-corrected chi connectivity index (χ4v) is 4.59. The van der Waals surface area contributed by atoms with Crippen LogP contribution in [0, 0.1) is 0 Å². The Labute approximate surface area is 94.6 Å². The molecule has 3 rings (SSSR count). The molecule has 1 aliphatic carbocycles. The summed E-state index contributed by atoms with van der Waals surface area (Å²) < 4.78 is 0. The molecule has 0 saturated carbocycles. The molecule has 0 spiro atoms. The van der Waals surface area contributed by atoms with E-state index in [1.807, 2.05) is 0 Å². The van der Waals surface area contributed by atoms with Gasteiger partial charge in [-0.25, -0.2) is 0 Å². The second-order valence-corrected chi connectivity index (χ2v) is 5.98. The Hall–Kier alpha value is -0.195. The summed E-state index contributed by atoms with van der Waals surface area (Å²) in [4.78, 5) is 0. The van der Waals surface area contributed by atoms with Crippen LogP contribution in [0.1, 0.15) is 57.8 Å². The van der Waals surface area contributed by atoms with Crippen molar-refractivity contribution in [1.29, 1.82) is 0 Å². The summed E-state index contributed by atoms with van der Waals surface area (Å²) >= 11 is 0. The van der Waals surface area contributed by atoms with Gasteiger partial charge in [-0.1, -0.05) is 68.7 Å². The highest BCUT2D eigenvalue weighted by Gasteiger charge is 2.42. The molecular weight excluding hydrogens is 179 g/mol. The minimum atomic E-state index is 0.967. The van der Waals surface area contributed by atoms with E-state index in [4.69, 9.17) is 0 Å². The summed E-state index contributed by atoms with van der Waals surface area (Å²) in [6.45, 7) is 1.09. The van der Waals surface area contributed by atoms with Gasteiger partial charge in [-0.2, -0.15) is 0 Å². The lowest BCUT2D eigenvalue weighted by Crippen LogP contribution is -2.38. The third-order valence-electron chi connectivity index (χ3n) is 5.17. The number of hydrogen-bond donors (Lipinski definition) is 0. The van der Waals surface area contributed by atoms with Gasteiger partial charge in [0, 0.05) is 0 Å². The summed E-state index contributed by atoms with van der Waals surface area (Å²) in [6.07, 6.45) is 18.6. The van der Waals surface area contributed by atoms with Crippen LogP contribution in [0.25, 0.3) is 0 Å². The smallest absolute Gasteiger partial charge is 0.0926 e. The normalized spacial score (nSPS) is 40.5. The molecule has 3 aliphatic rings. The topological polar surface area (TPSA) is 0 Å². The van der Waals surface area contributed by atoms with Crippen molar-refractivity contribution in [3.8, 4) is 0 Å². The van der Waals surface area contributed by atoms with Gasteiger partial charge in [0.25, 0.3) is 0 Å². The first-order valence-electron chi connectivity index (χ1n) is 7.12. The molecular formula is C14H23B. The summed E-state index contributed by atoms with van der Waals surface area (Å²) in [5.74, 6) is 3.17. The Morgan fingerprint density at radius 3 is 2.00 bits per heavy atom. The Morgan fingerprint density at radius 1 is 0.800 bits per heavy atom. The van der Waals surface area contributed by atoms with Crippen LogP contribution in [-0.2, 0) is 0 Å². The molecule has 2 aliphatic heterocycles. The van der Waals surface area contributed by atoms with E-state index in [1.165, 1.54) is 32.1 Å². The van der Waals surface area contributed by atoms with Crippen LogP contribution < -0.4 is 0 Å². The average Bonchev–Trinajstić information content (AvgIpc) is 2.29. The predicted octanol–water partition coefficient (Wildman–Crippen LogP) is 4.70. The maximum atomic E-state index is 2.57. The quantitative estimate of drug-likeness (QED) is 0.427. The minimum Gasteiger partial charge on any atom is -0.0926 e. The largest absolute Gasteiger partial charge is 0.153 e. The second kappa shape index (κ2) is 4.35. The van der Waals surface area contributed by atoms with Gasteiger partial charge in [0.15, 0.2) is 6.71 Å². The SMILES string of the molecule is C1=C[C@@H](B2C3CCCC2CCC3)CCC1. The zero-order valence-electron chi connectivity index (χ0n) is 9.83. The van der Waals surface area contributed by atoms with E-state index in [0.29, 0.717) is 0 Å². The molecule has 2 heterocycles. The van der Waals surface area contributed by atoms with Gasteiger partial charge in [-0.15, -0.1) is 0 Å². The van der Waals surface area contributed by atoms with Crippen molar-refractivity contribution in [3.63, 3.8) is 0 Å². The van der Waals surface area contributed by atoms with Crippen LogP contribution >= 0.6 is 0 Å². The van der Waals surface area contributed by atoms with Crippen molar-refractivity contribution in [2.75, 3.05) is 0 Å². The number of hydrogen-bond acceptors (Lipinski definition) is 0. The first kappa shape index (κ1) is 9.99. The zero-order valence-corrected chi connectivity index (χ0v) is 9.83. The first-order valence-corrected chi connectivity index (χ1v) is 7.12. The molecule has 0 radical (unpaired) electrons. The van der Waals surface area contributed by atoms with Crippen LogP contribution in [-0.4, -0.2) is 6.71 Å². The molecule has 1 heteroatoms. The van der Waals surface area contributed by atoms with Gasteiger partial charge in [0.05, 0.1) is 0 Å². The van der Waals surface area contributed by atoms with Gasteiger partial charge in [0.2, 0.25) is 0 Å². The third kappa shape index (κ3) is 1.90. The lowest BCUT2D eigenvalue weighted by Gasteiger charge is -2.44. The van der Waals surface area contributed by atoms with Crippen LogP contribution in [0.2, 0.25) is 17.5 Å². The molecule has 0 nitrogen and oxygen atoms in total. The number of fused-ring (bicyclic) bond motifs is 2. The molecule has 0 aromatic heterocycles. The fraction of sp³-hybridized carbons (Fsp3) is 0.857. The van der Waals surface area contributed by atoms with E-state index in [1.54, 1.807) is 25.7 Å². The Morgan fingerprint density at radius 2 is 1.47 bits per heavy atom. The van der Waals surface area contributed by atoms with Gasteiger partial charge >= 0.3 is 0 Å². The standard InChI is InChI=1S/C14H23B/c1-2-6-12(7-3-1)15-13-8-4-9-14(15)11-5-10-13/h2,6,12-14H,1,3-5,7-11H2/t12-,13?,14?/m1/s1. The number of rotatable bonds is 1. The third-order valence-corrected chi connectivity index (χ3v) is 5.17. The Balaban J connectivity index is 1.77. The van der Waals surface area contributed by atoms with Crippen molar-refractivity contribution < 1.29 is 0 Å². The minimum absolute atomic E-state index is 0.967. The maximum absolute atomic E-state index is 2.57. The molecule has 2 fully saturated rings. The van der Waals surface area contributed by atoms with Crippen molar-refractivity contribution in [1.82, 2.24) is 0 Å². The monoisotopic (exact) mass is 202 g/mol. The van der Waals surface area contributed by atoms with Crippen molar-refractivity contribution in [3.05, 3.63) is 12.2 Å². The highest BCUT2D eigenvalue weighted by atomic mass is 14.3. The Kier molecular flexibility index (Phi) is 2.90. The second-order valence-electron chi connectivity index (χ2n) is 5.98. The van der Waals surface area contributed by atoms with Crippen LogP contribution in [0.4, 0.5) is 0 Å². The van der Waals surface area contributed by atoms with E-state index < -0.39 is 0 Å². The highest BCUT2D eigenvalue weighted by molar-refractivity contribution is 6.64. The molecule has 1 atom stereocenters. The molecule has 2 saturated heterocycles. The molecule has 0 amide bonds. The van der Waals surface area contributed by atoms with Crippen LogP contribution in [0.3, 0.4) is 0 Å². The van der Waals surface area contributed by atoms with Gasteiger partial charge in [-0.05, 0) is 18.7 Å². The molecule has 0 aromatic rings. The van der Waals surface area contributed by atoms with Crippen molar-refractivity contribution in [2.24, 2.45) is 0 Å². The summed E-state index contributed by atoms with van der Waals surface area (Å²) in [5, 5.41) is 0. The predicted molar refractivity (Wildman–Crippen MR) is 67.7 cm³/mol. The van der Waals surface area contributed by atoms with Crippen LogP contribution in [0.5, 0.6) is 0 Å². The highest BCUT2D eigenvalue weighted by Crippen LogP contribution is 2.51.